The van der Waals surface area contributed by atoms with Crippen LogP contribution in [0.2, 0.25) is 0 Å². The predicted molar refractivity (Wildman–Crippen MR) is 63.5 cm³/mol. The van der Waals surface area contributed by atoms with Crippen molar-refractivity contribution in [3.63, 3.8) is 0 Å². The molecule has 0 aliphatic heterocycles. The molecular formula is C13H22N2. The Labute approximate surface area is 92.5 Å². The Balaban J connectivity index is 1.96. The topological polar surface area (TPSA) is 30.9 Å². The second-order valence-electron chi connectivity index (χ2n) is 5.02. The third-order valence-electron chi connectivity index (χ3n) is 3.51. The lowest BCUT2D eigenvalue weighted by Gasteiger charge is -2.10. The second kappa shape index (κ2) is 4.40. The van der Waals surface area contributed by atoms with E-state index in [0.717, 1.165) is 18.4 Å². The highest BCUT2D eigenvalue weighted by Gasteiger charge is 2.29. The van der Waals surface area contributed by atoms with Crippen LogP contribution in [0, 0.1) is 11.8 Å². The van der Waals surface area contributed by atoms with Gasteiger partial charge in [-0.05, 0) is 36.3 Å². The van der Waals surface area contributed by atoms with Crippen LogP contribution in [0.1, 0.15) is 44.7 Å². The largest absolute Gasteiger partial charge is 0.354 e. The van der Waals surface area contributed by atoms with Gasteiger partial charge in [0.15, 0.2) is 0 Å². The molecule has 2 heteroatoms. The van der Waals surface area contributed by atoms with E-state index in [1.807, 2.05) is 0 Å². The molecule has 0 radical (unpaired) electrons. The molecule has 0 saturated heterocycles. The van der Waals surface area contributed by atoms with Crippen molar-refractivity contribution in [1.29, 1.82) is 0 Å². The monoisotopic (exact) mass is 206 g/mol. The van der Waals surface area contributed by atoms with Gasteiger partial charge in [-0.15, -0.1) is 0 Å². The quantitative estimate of drug-likeness (QED) is 0.789. The molecule has 1 heterocycles. The van der Waals surface area contributed by atoms with Gasteiger partial charge in [-0.1, -0.05) is 20.3 Å². The van der Waals surface area contributed by atoms with E-state index in [2.05, 4.69) is 36.9 Å². The van der Waals surface area contributed by atoms with E-state index >= 15 is 0 Å². The van der Waals surface area contributed by atoms with Gasteiger partial charge in [0.1, 0.15) is 0 Å². The first-order valence-electron chi connectivity index (χ1n) is 6.12. The second-order valence-corrected chi connectivity index (χ2v) is 5.02. The predicted octanol–water partition coefficient (Wildman–Crippen LogP) is 2.94. The molecule has 2 rings (SSSR count). The van der Waals surface area contributed by atoms with Crippen molar-refractivity contribution in [2.75, 3.05) is 0 Å². The van der Waals surface area contributed by atoms with E-state index in [4.69, 9.17) is 5.73 Å². The average molecular weight is 206 g/mol. The summed E-state index contributed by atoms with van der Waals surface area (Å²) in [4.78, 5) is 0. The van der Waals surface area contributed by atoms with Crippen LogP contribution < -0.4 is 5.73 Å². The summed E-state index contributed by atoms with van der Waals surface area (Å²) in [5, 5.41) is 0. The fourth-order valence-electron chi connectivity index (χ4n) is 1.99. The lowest BCUT2D eigenvalue weighted by atomic mass is 10.1. The summed E-state index contributed by atoms with van der Waals surface area (Å²) in [6.45, 7) is 5.65. The Morgan fingerprint density at radius 3 is 2.87 bits per heavy atom. The lowest BCUT2D eigenvalue weighted by molar-refractivity contribution is 0.468. The minimum absolute atomic E-state index is 0.281. The Bertz CT molecular complexity index is 312. The van der Waals surface area contributed by atoms with Gasteiger partial charge in [0.05, 0.1) is 0 Å². The van der Waals surface area contributed by atoms with Crippen molar-refractivity contribution >= 4 is 0 Å². The molecule has 0 aromatic carbocycles. The summed E-state index contributed by atoms with van der Waals surface area (Å²) in [7, 11) is 0. The molecule has 2 N–H and O–H groups in total. The minimum atomic E-state index is 0.281. The molecule has 84 valence electrons. The van der Waals surface area contributed by atoms with Crippen LogP contribution >= 0.6 is 0 Å². The molecule has 2 unspecified atom stereocenters. The summed E-state index contributed by atoms with van der Waals surface area (Å²) in [5.41, 5.74) is 7.48. The average Bonchev–Trinajstić information content (AvgIpc) is 2.98. The van der Waals surface area contributed by atoms with Crippen LogP contribution in [-0.2, 0) is 6.54 Å². The zero-order valence-corrected chi connectivity index (χ0v) is 9.82. The molecule has 0 amide bonds. The number of aromatic nitrogens is 1. The first-order valence-corrected chi connectivity index (χ1v) is 6.12. The van der Waals surface area contributed by atoms with Crippen LogP contribution in [-0.4, -0.2) is 4.57 Å². The van der Waals surface area contributed by atoms with Gasteiger partial charge in [-0.2, -0.15) is 0 Å². The van der Waals surface area contributed by atoms with Gasteiger partial charge in [-0.3, -0.25) is 0 Å². The Morgan fingerprint density at radius 1 is 1.53 bits per heavy atom. The van der Waals surface area contributed by atoms with Crippen LogP contribution in [0.4, 0.5) is 0 Å². The van der Waals surface area contributed by atoms with Crippen LogP contribution in [0.5, 0.6) is 0 Å². The molecule has 15 heavy (non-hydrogen) atoms. The number of rotatable bonds is 5. The Kier molecular flexibility index (Phi) is 3.15. The summed E-state index contributed by atoms with van der Waals surface area (Å²) < 4.78 is 2.28. The molecule has 1 saturated carbocycles. The highest BCUT2D eigenvalue weighted by atomic mass is 14.9. The van der Waals surface area contributed by atoms with Crippen molar-refractivity contribution in [3.05, 3.63) is 24.0 Å². The third-order valence-corrected chi connectivity index (χ3v) is 3.51. The molecular weight excluding hydrogens is 184 g/mol. The van der Waals surface area contributed by atoms with E-state index in [1.54, 1.807) is 0 Å². The molecule has 1 aliphatic rings. The molecule has 0 bridgehead atoms. The van der Waals surface area contributed by atoms with Crippen molar-refractivity contribution in [2.45, 2.75) is 45.7 Å². The summed E-state index contributed by atoms with van der Waals surface area (Å²) in [6, 6.07) is 2.47. The highest BCUT2D eigenvalue weighted by Crippen LogP contribution is 2.39. The first kappa shape index (κ1) is 10.7. The highest BCUT2D eigenvalue weighted by molar-refractivity contribution is 5.17. The Hall–Kier alpha value is -0.760. The maximum atomic E-state index is 6.16. The van der Waals surface area contributed by atoms with E-state index < -0.39 is 0 Å². The smallest absolute Gasteiger partial charge is 0.0338 e. The van der Waals surface area contributed by atoms with Crippen molar-refractivity contribution in [2.24, 2.45) is 17.6 Å². The van der Waals surface area contributed by atoms with E-state index in [-0.39, 0.29) is 6.04 Å². The Morgan fingerprint density at radius 2 is 2.27 bits per heavy atom. The first-order chi connectivity index (χ1) is 7.20. The molecule has 0 spiro atoms. The van der Waals surface area contributed by atoms with E-state index in [0.29, 0.717) is 0 Å². The normalized spacial score (nSPS) is 20.2. The number of hydrogen-bond acceptors (Lipinski definition) is 1. The van der Waals surface area contributed by atoms with E-state index in [1.165, 1.54) is 24.8 Å². The molecule has 2 nitrogen and oxygen atoms in total. The molecule has 1 fully saturated rings. The van der Waals surface area contributed by atoms with Crippen LogP contribution in [0.3, 0.4) is 0 Å². The fourth-order valence-corrected chi connectivity index (χ4v) is 1.99. The molecule has 1 aromatic rings. The number of hydrogen-bond donors (Lipinski definition) is 1. The maximum absolute atomic E-state index is 6.16. The van der Waals surface area contributed by atoms with Gasteiger partial charge in [0.25, 0.3) is 0 Å². The van der Waals surface area contributed by atoms with Gasteiger partial charge in [-0.25, -0.2) is 0 Å². The van der Waals surface area contributed by atoms with Gasteiger partial charge in [0, 0.05) is 25.0 Å². The van der Waals surface area contributed by atoms with Crippen molar-refractivity contribution in [3.8, 4) is 0 Å². The summed E-state index contributed by atoms with van der Waals surface area (Å²) in [6.07, 6.45) is 8.27. The number of nitrogens with two attached hydrogens (primary N) is 1. The van der Waals surface area contributed by atoms with Crippen molar-refractivity contribution in [1.82, 2.24) is 4.57 Å². The zero-order valence-electron chi connectivity index (χ0n) is 9.82. The van der Waals surface area contributed by atoms with Gasteiger partial charge >= 0.3 is 0 Å². The molecule has 1 aliphatic carbocycles. The third kappa shape index (κ3) is 2.63. The fraction of sp³-hybridized carbons (Fsp3) is 0.692. The van der Waals surface area contributed by atoms with Crippen LogP contribution in [0.15, 0.2) is 18.5 Å². The summed E-state index contributed by atoms with van der Waals surface area (Å²) in [5.74, 6) is 1.51. The molecule has 2 atom stereocenters. The van der Waals surface area contributed by atoms with Gasteiger partial charge < -0.3 is 10.3 Å². The molecule has 1 aromatic heterocycles. The standard InChI is InChI=1S/C13H22N2/c1-3-10(2)8-15-7-6-12(9-15)13(14)11-4-5-11/h6-7,9-11,13H,3-5,8,14H2,1-2H3. The lowest BCUT2D eigenvalue weighted by Crippen LogP contribution is -2.11. The number of nitrogens with zero attached hydrogens (tertiary/aromatic N) is 1. The van der Waals surface area contributed by atoms with Gasteiger partial charge in [0.2, 0.25) is 0 Å². The van der Waals surface area contributed by atoms with Crippen molar-refractivity contribution < 1.29 is 0 Å². The minimum Gasteiger partial charge on any atom is -0.354 e. The SMILES string of the molecule is CCC(C)Cn1ccc(C(N)C2CC2)c1. The maximum Gasteiger partial charge on any atom is 0.0338 e. The van der Waals surface area contributed by atoms with E-state index in [9.17, 15) is 0 Å². The summed E-state index contributed by atoms with van der Waals surface area (Å²) >= 11 is 0. The van der Waals surface area contributed by atoms with Crippen LogP contribution in [0.25, 0.3) is 0 Å². The zero-order chi connectivity index (χ0) is 10.8.